The van der Waals surface area contributed by atoms with Gasteiger partial charge in [0, 0.05) is 17.4 Å². The van der Waals surface area contributed by atoms with Crippen LogP contribution in [0.25, 0.3) is 0 Å². The number of carbonyl (C=O) groups excluding carboxylic acids is 2. The van der Waals surface area contributed by atoms with Crippen molar-refractivity contribution >= 4 is 40.8 Å². The Bertz CT molecular complexity index is 872. The fraction of sp³-hybridized carbons (Fsp3) is 0.278. The Hall–Kier alpha value is -2.51. The molecule has 0 aliphatic carbocycles. The minimum atomic E-state index is -0.732. The van der Waals surface area contributed by atoms with Gasteiger partial charge in [0.2, 0.25) is 11.8 Å². The van der Waals surface area contributed by atoms with Crippen LogP contribution < -0.4 is 21.1 Å². The van der Waals surface area contributed by atoms with Crippen molar-refractivity contribution in [1.29, 1.82) is 0 Å². The number of primary amides is 1. The van der Waals surface area contributed by atoms with Crippen LogP contribution in [-0.4, -0.2) is 29.1 Å². The highest BCUT2D eigenvalue weighted by atomic mass is 35.5. The van der Waals surface area contributed by atoms with E-state index in [1.165, 1.54) is 18.3 Å². The van der Waals surface area contributed by atoms with Crippen LogP contribution in [0, 0.1) is 6.92 Å². The topological polar surface area (TPSA) is 106 Å². The van der Waals surface area contributed by atoms with Crippen LogP contribution >= 0.6 is 23.2 Å². The second kappa shape index (κ2) is 8.45. The fourth-order valence-electron chi connectivity index (χ4n) is 2.16. The summed E-state index contributed by atoms with van der Waals surface area (Å²) in [5, 5.41) is 6.18. The molecule has 0 radical (unpaired) electrons. The van der Waals surface area contributed by atoms with Crippen molar-refractivity contribution in [2.24, 2.45) is 5.73 Å². The normalized spacial score (nSPS) is 11.0. The molecule has 3 amide bonds. The van der Waals surface area contributed by atoms with Gasteiger partial charge in [0.15, 0.2) is 0 Å². The first-order chi connectivity index (χ1) is 12.6. The molecule has 0 bridgehead atoms. The van der Waals surface area contributed by atoms with Crippen molar-refractivity contribution in [3.8, 4) is 5.88 Å². The molecule has 27 heavy (non-hydrogen) atoms. The van der Waals surface area contributed by atoms with Crippen molar-refractivity contribution in [3.63, 3.8) is 0 Å². The molecule has 9 heteroatoms. The summed E-state index contributed by atoms with van der Waals surface area (Å²) in [6, 6.07) is 5.90. The minimum Gasteiger partial charge on any atom is -0.474 e. The molecule has 0 spiro atoms. The number of nitrogens with zero attached hydrogens (tertiary/aromatic N) is 1. The number of hydrogen-bond donors (Lipinski definition) is 3. The quantitative estimate of drug-likeness (QED) is 0.673. The summed E-state index contributed by atoms with van der Waals surface area (Å²) < 4.78 is 5.58. The predicted molar refractivity (Wildman–Crippen MR) is 106 cm³/mol. The molecular weight excluding hydrogens is 391 g/mol. The standard InChI is InChI=1S/C18H20Cl2N4O3/c1-10-4-5-11(15(21)25)6-14(10)23-17(26)24-18(2,3)9-27-16-13(20)7-12(19)8-22-16/h4-8H,9H2,1-3H3,(H2,21,25)(H2,23,24,26). The van der Waals surface area contributed by atoms with Crippen LogP contribution in [0.2, 0.25) is 10.0 Å². The van der Waals surface area contributed by atoms with Crippen LogP contribution in [0.4, 0.5) is 10.5 Å². The summed E-state index contributed by atoms with van der Waals surface area (Å²) in [5.74, 6) is -0.346. The molecule has 0 aliphatic heterocycles. The SMILES string of the molecule is Cc1ccc(C(N)=O)cc1NC(=O)NC(C)(C)COc1ncc(Cl)cc1Cl. The van der Waals surface area contributed by atoms with E-state index in [0.29, 0.717) is 16.3 Å². The molecule has 0 fully saturated rings. The Morgan fingerprint density at radius 1 is 1.26 bits per heavy atom. The molecule has 0 saturated heterocycles. The molecule has 4 N–H and O–H groups in total. The van der Waals surface area contributed by atoms with Crippen LogP contribution in [0.1, 0.15) is 29.8 Å². The summed E-state index contributed by atoms with van der Waals surface area (Å²) in [7, 11) is 0. The van der Waals surface area contributed by atoms with E-state index in [4.69, 9.17) is 33.7 Å². The zero-order valence-corrected chi connectivity index (χ0v) is 16.6. The zero-order chi connectivity index (χ0) is 20.2. The number of hydrogen-bond acceptors (Lipinski definition) is 4. The first-order valence-electron chi connectivity index (χ1n) is 8.01. The number of carbonyl (C=O) groups is 2. The van der Waals surface area contributed by atoms with E-state index < -0.39 is 17.5 Å². The number of benzene rings is 1. The second-order valence-corrected chi connectivity index (χ2v) is 7.43. The lowest BCUT2D eigenvalue weighted by Gasteiger charge is -2.26. The van der Waals surface area contributed by atoms with Gasteiger partial charge in [0.25, 0.3) is 0 Å². The van der Waals surface area contributed by atoms with Crippen LogP contribution in [0.3, 0.4) is 0 Å². The van der Waals surface area contributed by atoms with E-state index in [2.05, 4.69) is 15.6 Å². The third-order valence-electron chi connectivity index (χ3n) is 3.57. The van der Waals surface area contributed by atoms with E-state index in [0.717, 1.165) is 5.56 Å². The lowest BCUT2D eigenvalue weighted by molar-refractivity contribution is 0.1000. The zero-order valence-electron chi connectivity index (χ0n) is 15.1. The Morgan fingerprint density at radius 2 is 1.96 bits per heavy atom. The number of anilines is 1. The van der Waals surface area contributed by atoms with Gasteiger partial charge >= 0.3 is 6.03 Å². The van der Waals surface area contributed by atoms with Gasteiger partial charge < -0.3 is 21.1 Å². The molecule has 1 aromatic heterocycles. The number of nitrogens with two attached hydrogens (primary N) is 1. The highest BCUT2D eigenvalue weighted by molar-refractivity contribution is 6.35. The number of nitrogens with one attached hydrogen (secondary N) is 2. The number of urea groups is 1. The summed E-state index contributed by atoms with van der Waals surface area (Å²) >= 11 is 11.8. The lowest BCUT2D eigenvalue weighted by Crippen LogP contribution is -2.49. The number of rotatable bonds is 6. The monoisotopic (exact) mass is 410 g/mol. The number of ether oxygens (including phenoxy) is 1. The molecule has 2 rings (SSSR count). The van der Waals surface area contributed by atoms with Gasteiger partial charge in [0.1, 0.15) is 11.6 Å². The largest absolute Gasteiger partial charge is 0.474 e. The molecule has 7 nitrogen and oxygen atoms in total. The molecule has 0 saturated carbocycles. The van der Waals surface area contributed by atoms with Gasteiger partial charge in [-0.2, -0.15) is 0 Å². The van der Waals surface area contributed by atoms with E-state index in [9.17, 15) is 9.59 Å². The van der Waals surface area contributed by atoms with Crippen LogP contribution in [-0.2, 0) is 0 Å². The summed E-state index contributed by atoms with van der Waals surface area (Å²) in [6.07, 6.45) is 1.42. The molecule has 2 aromatic rings. The van der Waals surface area contributed by atoms with Gasteiger partial charge in [0.05, 0.1) is 10.6 Å². The van der Waals surface area contributed by atoms with Crippen molar-refractivity contribution in [1.82, 2.24) is 10.3 Å². The summed E-state index contributed by atoms with van der Waals surface area (Å²) in [6.45, 7) is 5.49. The highest BCUT2D eigenvalue weighted by Crippen LogP contribution is 2.25. The van der Waals surface area contributed by atoms with Crippen LogP contribution in [0.15, 0.2) is 30.5 Å². The van der Waals surface area contributed by atoms with Crippen molar-refractivity contribution in [2.45, 2.75) is 26.3 Å². The Labute approximate surface area is 167 Å². The van der Waals surface area contributed by atoms with Gasteiger partial charge in [-0.15, -0.1) is 0 Å². The molecule has 0 unspecified atom stereocenters. The smallest absolute Gasteiger partial charge is 0.319 e. The summed E-state index contributed by atoms with van der Waals surface area (Å²) in [4.78, 5) is 27.6. The fourth-order valence-corrected chi connectivity index (χ4v) is 2.60. The molecular formula is C18H20Cl2N4O3. The third-order valence-corrected chi connectivity index (χ3v) is 4.04. The number of aromatic nitrogens is 1. The number of pyridine rings is 1. The van der Waals surface area contributed by atoms with Crippen molar-refractivity contribution in [2.75, 3.05) is 11.9 Å². The van der Waals surface area contributed by atoms with E-state index in [-0.39, 0.29) is 17.5 Å². The first-order valence-corrected chi connectivity index (χ1v) is 8.76. The average molecular weight is 411 g/mol. The van der Waals surface area contributed by atoms with E-state index >= 15 is 0 Å². The number of halogens is 2. The molecule has 0 aliphatic rings. The van der Waals surface area contributed by atoms with Gasteiger partial charge in [-0.1, -0.05) is 29.3 Å². The van der Waals surface area contributed by atoms with Gasteiger partial charge in [-0.25, -0.2) is 9.78 Å². The van der Waals surface area contributed by atoms with E-state index in [1.54, 1.807) is 26.0 Å². The molecule has 1 aromatic carbocycles. The Kier molecular flexibility index (Phi) is 6.51. The predicted octanol–water partition coefficient (Wildman–Crippen LogP) is 3.77. The van der Waals surface area contributed by atoms with E-state index in [1.807, 2.05) is 6.92 Å². The van der Waals surface area contributed by atoms with Gasteiger partial charge in [-0.3, -0.25) is 4.79 Å². The minimum absolute atomic E-state index is 0.120. The maximum atomic E-state index is 12.3. The average Bonchev–Trinajstić information content (AvgIpc) is 2.55. The second-order valence-electron chi connectivity index (χ2n) is 6.59. The Balaban J connectivity index is 1.99. The number of amides is 3. The Morgan fingerprint density at radius 3 is 2.59 bits per heavy atom. The molecule has 0 atom stereocenters. The highest BCUT2D eigenvalue weighted by Gasteiger charge is 2.23. The van der Waals surface area contributed by atoms with Crippen molar-refractivity contribution < 1.29 is 14.3 Å². The van der Waals surface area contributed by atoms with Crippen LogP contribution in [0.5, 0.6) is 5.88 Å². The first kappa shape index (κ1) is 20.8. The van der Waals surface area contributed by atoms with Crippen molar-refractivity contribution in [3.05, 3.63) is 51.6 Å². The van der Waals surface area contributed by atoms with Gasteiger partial charge in [-0.05, 0) is 44.5 Å². The number of aryl methyl sites for hydroxylation is 1. The molecule has 144 valence electrons. The third kappa shape index (κ3) is 6.01. The maximum Gasteiger partial charge on any atom is 0.319 e. The maximum absolute atomic E-state index is 12.3. The molecule has 1 heterocycles. The summed E-state index contributed by atoms with van der Waals surface area (Å²) in [5.41, 5.74) is 6.13. The lowest BCUT2D eigenvalue weighted by atomic mass is 10.1.